The number of anilines is 1. The number of aryl methyl sites for hydroxylation is 1. The van der Waals surface area contributed by atoms with E-state index in [1.165, 1.54) is 10.6 Å². The van der Waals surface area contributed by atoms with Gasteiger partial charge in [-0.15, -0.1) is 0 Å². The van der Waals surface area contributed by atoms with Crippen LogP contribution in [0.15, 0.2) is 53.6 Å². The van der Waals surface area contributed by atoms with Gasteiger partial charge in [0, 0.05) is 38.9 Å². The van der Waals surface area contributed by atoms with Gasteiger partial charge in [-0.1, -0.05) is 12.1 Å². The van der Waals surface area contributed by atoms with E-state index >= 15 is 0 Å². The molecule has 0 bridgehead atoms. The lowest BCUT2D eigenvalue weighted by Crippen LogP contribution is -2.41. The van der Waals surface area contributed by atoms with Crippen molar-refractivity contribution in [2.45, 2.75) is 12.8 Å². The van der Waals surface area contributed by atoms with Crippen molar-refractivity contribution in [3.63, 3.8) is 0 Å². The molecule has 0 saturated carbocycles. The predicted molar refractivity (Wildman–Crippen MR) is 108 cm³/mol. The third-order valence-electron chi connectivity index (χ3n) is 5.18. The molecule has 7 nitrogen and oxygen atoms in total. The molecule has 4 rings (SSSR count). The number of pyridine rings is 1. The lowest BCUT2D eigenvalue weighted by atomic mass is 9.98. The number of hydrogen-bond acceptors (Lipinski definition) is 5. The summed E-state index contributed by atoms with van der Waals surface area (Å²) < 4.78 is 1.41. The van der Waals surface area contributed by atoms with E-state index in [2.05, 4.69) is 15.2 Å². The van der Waals surface area contributed by atoms with E-state index in [-0.39, 0.29) is 11.5 Å². The second kappa shape index (κ2) is 7.80. The summed E-state index contributed by atoms with van der Waals surface area (Å²) in [6.45, 7) is 2.37. The molecule has 7 heteroatoms. The van der Waals surface area contributed by atoms with Crippen LogP contribution < -0.4 is 15.8 Å². The molecule has 1 aliphatic heterocycles. The fourth-order valence-corrected chi connectivity index (χ4v) is 3.61. The van der Waals surface area contributed by atoms with Crippen molar-refractivity contribution in [2.75, 3.05) is 24.5 Å². The summed E-state index contributed by atoms with van der Waals surface area (Å²) in [5, 5.41) is 3.00. The highest BCUT2D eigenvalue weighted by molar-refractivity contribution is 5.93. The van der Waals surface area contributed by atoms with Crippen LogP contribution >= 0.6 is 0 Å². The quantitative estimate of drug-likeness (QED) is 0.752. The average molecular weight is 377 g/mol. The number of carbonyl (C=O) groups excluding carboxylic acids is 1. The Morgan fingerprint density at radius 3 is 2.86 bits per heavy atom. The third kappa shape index (κ3) is 3.88. The predicted octanol–water partition coefficient (Wildman–Crippen LogP) is 1.97. The Morgan fingerprint density at radius 1 is 1.21 bits per heavy atom. The first-order valence-electron chi connectivity index (χ1n) is 9.52. The van der Waals surface area contributed by atoms with E-state index in [4.69, 9.17) is 4.98 Å². The van der Waals surface area contributed by atoms with Gasteiger partial charge in [0.05, 0.1) is 22.8 Å². The highest BCUT2D eigenvalue weighted by Crippen LogP contribution is 2.22. The molecule has 1 aromatic carbocycles. The molecule has 0 aliphatic carbocycles. The molecule has 1 saturated heterocycles. The van der Waals surface area contributed by atoms with Crippen LogP contribution in [0.5, 0.6) is 0 Å². The Balaban J connectivity index is 1.39. The van der Waals surface area contributed by atoms with Crippen molar-refractivity contribution < 1.29 is 4.79 Å². The van der Waals surface area contributed by atoms with Crippen molar-refractivity contribution in [1.82, 2.24) is 19.9 Å². The number of nitrogens with one attached hydrogen (secondary N) is 1. The zero-order chi connectivity index (χ0) is 19.5. The number of para-hydroxylation sites is 2. The van der Waals surface area contributed by atoms with Crippen LogP contribution in [-0.4, -0.2) is 40.1 Å². The Kier molecular flexibility index (Phi) is 5.06. The van der Waals surface area contributed by atoms with Gasteiger partial charge >= 0.3 is 0 Å². The van der Waals surface area contributed by atoms with Crippen LogP contribution in [0.4, 0.5) is 5.82 Å². The van der Waals surface area contributed by atoms with E-state index in [1.54, 1.807) is 19.3 Å². The standard InChI is InChI=1S/C21H23N5O2/c1-25-14-16(8-9-20(25)27)21(28)23-11-15-5-4-10-26(13-15)19-12-22-17-6-2-3-7-18(17)24-19/h2-3,6-9,12,14-15H,4-5,10-11,13H2,1H3,(H,23,28). The zero-order valence-corrected chi connectivity index (χ0v) is 15.8. The van der Waals surface area contributed by atoms with Crippen LogP contribution in [-0.2, 0) is 7.05 Å². The lowest BCUT2D eigenvalue weighted by molar-refractivity contribution is 0.0945. The van der Waals surface area contributed by atoms with Gasteiger partial charge in [-0.2, -0.15) is 0 Å². The zero-order valence-electron chi connectivity index (χ0n) is 15.8. The Labute approximate surface area is 163 Å². The van der Waals surface area contributed by atoms with E-state index < -0.39 is 0 Å². The van der Waals surface area contributed by atoms with Crippen LogP contribution in [0.3, 0.4) is 0 Å². The van der Waals surface area contributed by atoms with Crippen LogP contribution in [0.2, 0.25) is 0 Å². The maximum Gasteiger partial charge on any atom is 0.252 e. The molecule has 1 N–H and O–H groups in total. The number of carbonyl (C=O) groups is 1. The summed E-state index contributed by atoms with van der Waals surface area (Å²) in [5.41, 5.74) is 2.15. The normalized spacial score (nSPS) is 16.9. The maximum atomic E-state index is 12.4. The minimum absolute atomic E-state index is 0.129. The van der Waals surface area contributed by atoms with Gasteiger partial charge in [0.1, 0.15) is 5.82 Å². The summed E-state index contributed by atoms with van der Waals surface area (Å²) in [5.74, 6) is 1.07. The lowest BCUT2D eigenvalue weighted by Gasteiger charge is -2.33. The van der Waals surface area contributed by atoms with E-state index in [0.29, 0.717) is 18.0 Å². The smallest absolute Gasteiger partial charge is 0.252 e. The summed E-state index contributed by atoms with van der Waals surface area (Å²) in [6.07, 6.45) is 5.50. The van der Waals surface area contributed by atoms with Gasteiger partial charge in [0.15, 0.2) is 0 Å². The van der Waals surface area contributed by atoms with Crippen LogP contribution in [0.1, 0.15) is 23.2 Å². The van der Waals surface area contributed by atoms with Crippen molar-refractivity contribution in [3.05, 3.63) is 64.7 Å². The summed E-state index contributed by atoms with van der Waals surface area (Å²) in [4.78, 5) is 35.3. The van der Waals surface area contributed by atoms with Gasteiger partial charge < -0.3 is 14.8 Å². The molecule has 1 atom stereocenters. The van der Waals surface area contributed by atoms with Crippen molar-refractivity contribution in [2.24, 2.45) is 13.0 Å². The minimum Gasteiger partial charge on any atom is -0.355 e. The fraction of sp³-hybridized carbons (Fsp3) is 0.333. The molecule has 3 heterocycles. The largest absolute Gasteiger partial charge is 0.355 e. The first kappa shape index (κ1) is 18.2. The van der Waals surface area contributed by atoms with Crippen LogP contribution in [0.25, 0.3) is 11.0 Å². The van der Waals surface area contributed by atoms with Gasteiger partial charge in [-0.3, -0.25) is 14.6 Å². The number of aromatic nitrogens is 3. The first-order chi connectivity index (χ1) is 13.6. The molecule has 1 aliphatic rings. The molecular formula is C21H23N5O2. The van der Waals surface area contributed by atoms with Gasteiger partial charge in [-0.05, 0) is 37.0 Å². The molecule has 3 aromatic rings. The maximum absolute atomic E-state index is 12.4. The minimum atomic E-state index is -0.154. The monoisotopic (exact) mass is 377 g/mol. The second-order valence-electron chi connectivity index (χ2n) is 7.25. The number of hydrogen-bond donors (Lipinski definition) is 1. The SMILES string of the molecule is Cn1cc(C(=O)NCC2CCCN(c3cnc4ccccc4n3)C2)ccc1=O. The molecule has 1 amide bonds. The molecular weight excluding hydrogens is 354 g/mol. The Hall–Kier alpha value is -3.22. The fourth-order valence-electron chi connectivity index (χ4n) is 3.61. The molecule has 144 valence electrons. The number of rotatable bonds is 4. The highest BCUT2D eigenvalue weighted by Gasteiger charge is 2.22. The molecule has 0 spiro atoms. The van der Waals surface area contributed by atoms with E-state index in [0.717, 1.165) is 42.8 Å². The Bertz CT molecular complexity index is 1060. The van der Waals surface area contributed by atoms with Crippen molar-refractivity contribution in [1.29, 1.82) is 0 Å². The molecule has 2 aromatic heterocycles. The number of nitrogens with zero attached hydrogens (tertiary/aromatic N) is 4. The summed E-state index contributed by atoms with van der Waals surface area (Å²) >= 11 is 0. The summed E-state index contributed by atoms with van der Waals surface area (Å²) in [7, 11) is 1.64. The van der Waals surface area contributed by atoms with Crippen molar-refractivity contribution >= 4 is 22.8 Å². The Morgan fingerprint density at radius 2 is 2.04 bits per heavy atom. The number of amides is 1. The molecule has 0 radical (unpaired) electrons. The number of fused-ring (bicyclic) bond motifs is 1. The first-order valence-corrected chi connectivity index (χ1v) is 9.52. The van der Waals surface area contributed by atoms with Gasteiger partial charge in [0.25, 0.3) is 5.91 Å². The van der Waals surface area contributed by atoms with Gasteiger partial charge in [0.2, 0.25) is 5.56 Å². The van der Waals surface area contributed by atoms with E-state index in [9.17, 15) is 9.59 Å². The second-order valence-corrected chi connectivity index (χ2v) is 7.25. The molecule has 28 heavy (non-hydrogen) atoms. The van der Waals surface area contributed by atoms with Crippen molar-refractivity contribution in [3.8, 4) is 0 Å². The molecule has 1 unspecified atom stereocenters. The molecule has 1 fully saturated rings. The van der Waals surface area contributed by atoms with E-state index in [1.807, 2.05) is 30.5 Å². The third-order valence-corrected chi connectivity index (χ3v) is 5.18. The van der Waals surface area contributed by atoms with Gasteiger partial charge in [-0.25, -0.2) is 4.98 Å². The highest BCUT2D eigenvalue weighted by atomic mass is 16.2. The summed E-state index contributed by atoms with van der Waals surface area (Å²) in [6, 6.07) is 10.8. The average Bonchev–Trinajstić information content (AvgIpc) is 2.74. The number of benzene rings is 1. The topological polar surface area (TPSA) is 80.1 Å². The van der Waals surface area contributed by atoms with Crippen LogP contribution in [0, 0.1) is 5.92 Å². The number of piperidine rings is 1.